The van der Waals surface area contributed by atoms with E-state index in [1.807, 2.05) is 0 Å². The Morgan fingerprint density at radius 2 is 1.55 bits per heavy atom. The molecule has 0 radical (unpaired) electrons. The second-order valence-corrected chi connectivity index (χ2v) is 8.33. The Kier molecular flexibility index (Phi) is 13.1. The molecule has 0 saturated heterocycles. The molecule has 2 unspecified atom stereocenters. The first kappa shape index (κ1) is 27.0. The van der Waals surface area contributed by atoms with E-state index in [0.29, 0.717) is 38.6 Å². The molecule has 0 fully saturated rings. The quantitative estimate of drug-likeness (QED) is 0.222. The molecule has 0 aromatic carbocycles. The summed E-state index contributed by atoms with van der Waals surface area (Å²) in [5.41, 5.74) is 10.5. The average molecular weight is 416 g/mol. The molecular weight excluding hydrogens is 378 g/mol. The predicted molar refractivity (Wildman–Crippen MR) is 109 cm³/mol. The van der Waals surface area contributed by atoms with Crippen LogP contribution in [0.1, 0.15) is 78.1 Å². The van der Waals surface area contributed by atoms with E-state index in [1.165, 1.54) is 0 Å². The summed E-state index contributed by atoms with van der Waals surface area (Å²) < 4.78 is 0. The van der Waals surface area contributed by atoms with Gasteiger partial charge in [-0.2, -0.15) is 0 Å². The van der Waals surface area contributed by atoms with Gasteiger partial charge in [-0.25, -0.2) is 4.79 Å². The molecule has 7 N–H and O–H groups in total. The maximum Gasteiger partial charge on any atom is 0.326 e. The Hall–Kier alpha value is -2.00. The number of nitrogens with two attached hydrogens (primary N) is 2. The molecule has 0 aromatic rings. The molecule has 2 atom stereocenters. The molecule has 0 spiro atoms. The second-order valence-electron chi connectivity index (χ2n) is 8.33. The van der Waals surface area contributed by atoms with E-state index in [9.17, 15) is 24.3 Å². The molecule has 0 aromatic heterocycles. The van der Waals surface area contributed by atoms with Crippen LogP contribution in [0.25, 0.3) is 0 Å². The summed E-state index contributed by atoms with van der Waals surface area (Å²) in [6, 6.07) is -1.50. The van der Waals surface area contributed by atoms with E-state index in [4.69, 9.17) is 16.6 Å². The number of Topliss-reactive ketones (excluding diaryl/α,β-unsaturated/α-hetero) is 1. The van der Waals surface area contributed by atoms with Crippen LogP contribution in [0.15, 0.2) is 0 Å². The van der Waals surface area contributed by atoms with Crippen LogP contribution in [0, 0.1) is 5.41 Å². The highest BCUT2D eigenvalue weighted by molar-refractivity contribution is 5.84. The third kappa shape index (κ3) is 13.8. The third-order valence-electron chi connectivity index (χ3n) is 4.70. The van der Waals surface area contributed by atoms with Gasteiger partial charge in [0.15, 0.2) is 0 Å². The van der Waals surface area contributed by atoms with Gasteiger partial charge in [0.25, 0.3) is 0 Å². The molecule has 9 nitrogen and oxygen atoms in total. The number of amides is 1. The molecule has 0 aliphatic rings. The monoisotopic (exact) mass is 415 g/mol. The van der Waals surface area contributed by atoms with Crippen LogP contribution >= 0.6 is 0 Å². The van der Waals surface area contributed by atoms with Crippen LogP contribution in [0.3, 0.4) is 0 Å². The van der Waals surface area contributed by atoms with Crippen molar-refractivity contribution in [2.75, 3.05) is 6.54 Å². The first-order valence-electron chi connectivity index (χ1n) is 10.2. The zero-order valence-corrected chi connectivity index (χ0v) is 17.6. The van der Waals surface area contributed by atoms with Crippen molar-refractivity contribution in [3.05, 3.63) is 0 Å². The minimum absolute atomic E-state index is 0.00534. The van der Waals surface area contributed by atoms with Crippen LogP contribution in [0.4, 0.5) is 0 Å². The van der Waals surface area contributed by atoms with Crippen LogP contribution < -0.4 is 16.8 Å². The lowest BCUT2D eigenvalue weighted by molar-refractivity contribution is -0.143. The summed E-state index contributed by atoms with van der Waals surface area (Å²) in [5.74, 6) is -2.62. The van der Waals surface area contributed by atoms with Gasteiger partial charge in [0.05, 0.1) is 12.5 Å². The smallest absolute Gasteiger partial charge is 0.326 e. The van der Waals surface area contributed by atoms with E-state index in [-0.39, 0.29) is 25.0 Å². The van der Waals surface area contributed by atoms with Crippen molar-refractivity contribution in [2.24, 2.45) is 16.9 Å². The van der Waals surface area contributed by atoms with Gasteiger partial charge in [-0.15, -0.1) is 0 Å². The number of hydrogen-bond acceptors (Lipinski definition) is 6. The summed E-state index contributed by atoms with van der Waals surface area (Å²) in [6.45, 7) is 3.88. The molecule has 29 heavy (non-hydrogen) atoms. The summed E-state index contributed by atoms with van der Waals surface area (Å²) in [6.07, 6.45) is 4.48. The molecule has 1 amide bonds. The average Bonchev–Trinajstić information content (AvgIpc) is 2.58. The zero-order chi connectivity index (χ0) is 22.4. The minimum atomic E-state index is -1.13. The number of carbonyl (C=O) groups is 4. The second kappa shape index (κ2) is 14.1. The van der Waals surface area contributed by atoms with Gasteiger partial charge in [-0.05, 0) is 37.6 Å². The van der Waals surface area contributed by atoms with E-state index in [1.54, 1.807) is 13.8 Å². The van der Waals surface area contributed by atoms with E-state index in [2.05, 4.69) is 5.32 Å². The molecule has 168 valence electrons. The van der Waals surface area contributed by atoms with Gasteiger partial charge >= 0.3 is 11.9 Å². The maximum absolute atomic E-state index is 12.1. The fourth-order valence-electron chi connectivity index (χ4n) is 3.09. The Morgan fingerprint density at radius 1 is 0.931 bits per heavy atom. The van der Waals surface area contributed by atoms with Crippen molar-refractivity contribution in [3.63, 3.8) is 0 Å². The van der Waals surface area contributed by atoms with Crippen molar-refractivity contribution >= 4 is 23.6 Å². The number of nitrogens with one attached hydrogen (secondary N) is 1. The fourth-order valence-corrected chi connectivity index (χ4v) is 3.09. The third-order valence-corrected chi connectivity index (χ3v) is 4.70. The normalized spacial score (nSPS) is 13.5. The number of aliphatic carboxylic acids is 2. The van der Waals surface area contributed by atoms with E-state index in [0.717, 1.165) is 12.8 Å². The lowest BCUT2D eigenvalue weighted by atomic mass is 9.85. The number of carboxylic acids is 2. The van der Waals surface area contributed by atoms with Crippen molar-refractivity contribution in [1.29, 1.82) is 0 Å². The van der Waals surface area contributed by atoms with Crippen molar-refractivity contribution in [2.45, 2.75) is 90.1 Å². The number of carboxylic acid groups (broad SMARTS) is 2. The van der Waals surface area contributed by atoms with Crippen molar-refractivity contribution < 1.29 is 29.4 Å². The Labute approximate surface area is 172 Å². The number of hydrogen-bond donors (Lipinski definition) is 5. The Morgan fingerprint density at radius 3 is 2.10 bits per heavy atom. The van der Waals surface area contributed by atoms with Gasteiger partial charge in [0, 0.05) is 12.8 Å². The van der Waals surface area contributed by atoms with Crippen LogP contribution in [-0.4, -0.2) is 52.5 Å². The van der Waals surface area contributed by atoms with Gasteiger partial charge in [0.1, 0.15) is 11.8 Å². The molecule has 0 saturated carbocycles. The summed E-state index contributed by atoms with van der Waals surface area (Å²) in [5, 5.41) is 20.6. The van der Waals surface area contributed by atoms with Crippen LogP contribution in [-0.2, 0) is 19.2 Å². The number of unbranched alkanes of at least 4 members (excludes halogenated alkanes) is 3. The highest BCUT2D eigenvalue weighted by atomic mass is 16.4. The number of ketones is 1. The Bertz CT molecular complexity index is 550. The maximum atomic E-state index is 12.1. The number of rotatable bonds is 17. The summed E-state index contributed by atoms with van der Waals surface area (Å²) in [4.78, 5) is 46.2. The lowest BCUT2D eigenvalue weighted by Gasteiger charge is -2.23. The molecular formula is C20H37N3O6. The van der Waals surface area contributed by atoms with Crippen molar-refractivity contribution in [1.82, 2.24) is 5.32 Å². The minimum Gasteiger partial charge on any atom is -0.481 e. The van der Waals surface area contributed by atoms with Gasteiger partial charge in [0.2, 0.25) is 5.91 Å². The molecule has 0 aliphatic carbocycles. The summed E-state index contributed by atoms with van der Waals surface area (Å²) in [7, 11) is 0. The fraction of sp³-hybridized carbons (Fsp3) is 0.800. The van der Waals surface area contributed by atoms with E-state index < -0.39 is 35.3 Å². The predicted octanol–water partition coefficient (Wildman–Crippen LogP) is 1.42. The SMILES string of the molecule is CC(C)(CC(=O)O)CC(=O)NC(CCCCCC(=O)C(N)CCCCN)C(=O)O. The van der Waals surface area contributed by atoms with Gasteiger partial charge in [-0.3, -0.25) is 14.4 Å². The highest BCUT2D eigenvalue weighted by Crippen LogP contribution is 2.25. The zero-order valence-electron chi connectivity index (χ0n) is 17.6. The van der Waals surface area contributed by atoms with Crippen LogP contribution in [0.5, 0.6) is 0 Å². The lowest BCUT2D eigenvalue weighted by Crippen LogP contribution is -2.42. The topological polar surface area (TPSA) is 173 Å². The largest absolute Gasteiger partial charge is 0.481 e. The van der Waals surface area contributed by atoms with Gasteiger partial charge < -0.3 is 27.0 Å². The highest BCUT2D eigenvalue weighted by Gasteiger charge is 2.27. The number of carbonyl (C=O) groups excluding carboxylic acids is 2. The Balaban J connectivity index is 4.23. The summed E-state index contributed by atoms with van der Waals surface area (Å²) >= 11 is 0. The first-order valence-corrected chi connectivity index (χ1v) is 10.2. The van der Waals surface area contributed by atoms with E-state index >= 15 is 0 Å². The van der Waals surface area contributed by atoms with Crippen molar-refractivity contribution in [3.8, 4) is 0 Å². The first-order chi connectivity index (χ1) is 13.5. The molecule has 9 heteroatoms. The van der Waals surface area contributed by atoms with Crippen LogP contribution in [0.2, 0.25) is 0 Å². The standard InChI is InChI=1S/C20H37N3O6/c1-20(2,13-18(26)27)12-17(25)23-15(19(28)29)9-4-3-5-10-16(24)14(22)8-6-7-11-21/h14-15H,3-13,21-22H2,1-2H3,(H,23,25)(H,26,27)(H,28,29). The molecule has 0 heterocycles. The van der Waals surface area contributed by atoms with Gasteiger partial charge in [-0.1, -0.05) is 33.1 Å². The molecule has 0 bridgehead atoms. The molecule has 0 rings (SSSR count). The molecule has 0 aliphatic heterocycles.